The first-order valence-electron chi connectivity index (χ1n) is 5.24. The molecule has 0 bridgehead atoms. The first kappa shape index (κ1) is 11.2. The number of nitrogens with two attached hydrogens (primary N) is 1. The predicted molar refractivity (Wildman–Crippen MR) is 67.7 cm³/mol. The number of hydrogen-bond donors (Lipinski definition) is 1. The van der Waals surface area contributed by atoms with Gasteiger partial charge in [0.25, 0.3) is 0 Å². The Labute approximate surface area is 99.7 Å². The van der Waals surface area contributed by atoms with E-state index in [4.69, 9.17) is 10.5 Å². The number of thiophene rings is 1. The van der Waals surface area contributed by atoms with E-state index in [1.807, 2.05) is 18.2 Å². The molecule has 0 saturated heterocycles. The van der Waals surface area contributed by atoms with Gasteiger partial charge in [-0.25, -0.2) is 0 Å². The number of rotatable bonds is 4. The van der Waals surface area contributed by atoms with E-state index in [0.717, 1.165) is 11.3 Å². The summed E-state index contributed by atoms with van der Waals surface area (Å²) in [7, 11) is 0. The Balaban J connectivity index is 2.11. The van der Waals surface area contributed by atoms with Gasteiger partial charge >= 0.3 is 0 Å². The molecule has 0 saturated carbocycles. The van der Waals surface area contributed by atoms with Crippen molar-refractivity contribution in [2.45, 2.75) is 20.1 Å². The first-order valence-corrected chi connectivity index (χ1v) is 6.12. The Kier molecular flexibility index (Phi) is 3.59. The third-order valence-corrected chi connectivity index (χ3v) is 3.24. The van der Waals surface area contributed by atoms with Gasteiger partial charge in [-0.1, -0.05) is 18.2 Å². The van der Waals surface area contributed by atoms with Crippen molar-refractivity contribution in [1.82, 2.24) is 0 Å². The molecule has 0 fully saturated rings. The van der Waals surface area contributed by atoms with Crippen LogP contribution in [0.3, 0.4) is 0 Å². The Bertz CT molecular complexity index is 451. The van der Waals surface area contributed by atoms with E-state index in [0.29, 0.717) is 13.2 Å². The van der Waals surface area contributed by atoms with Crippen LogP contribution in [0.5, 0.6) is 5.75 Å². The van der Waals surface area contributed by atoms with Crippen molar-refractivity contribution in [3.63, 3.8) is 0 Å². The van der Waals surface area contributed by atoms with Crippen LogP contribution in [-0.4, -0.2) is 0 Å². The maximum atomic E-state index is 5.78. The van der Waals surface area contributed by atoms with Crippen LogP contribution in [0.25, 0.3) is 0 Å². The third-order valence-electron chi connectivity index (χ3n) is 2.39. The van der Waals surface area contributed by atoms with Crippen molar-refractivity contribution in [3.8, 4) is 5.75 Å². The first-order chi connectivity index (χ1) is 7.79. The second-order valence-electron chi connectivity index (χ2n) is 3.68. The third kappa shape index (κ3) is 2.62. The van der Waals surface area contributed by atoms with Crippen LogP contribution in [0.2, 0.25) is 0 Å². The smallest absolute Gasteiger partial charge is 0.124 e. The lowest BCUT2D eigenvalue weighted by molar-refractivity contribution is 0.306. The highest BCUT2D eigenvalue weighted by atomic mass is 32.1. The lowest BCUT2D eigenvalue weighted by Crippen LogP contribution is -2.02. The van der Waals surface area contributed by atoms with Crippen LogP contribution >= 0.6 is 11.3 Å². The van der Waals surface area contributed by atoms with E-state index < -0.39 is 0 Å². The molecule has 1 aromatic heterocycles. The highest BCUT2D eigenvalue weighted by Gasteiger charge is 2.03. The van der Waals surface area contributed by atoms with E-state index in [-0.39, 0.29) is 0 Å². The number of aryl methyl sites for hydroxylation is 1. The molecule has 0 atom stereocenters. The summed E-state index contributed by atoms with van der Waals surface area (Å²) in [6.07, 6.45) is 0. The summed E-state index contributed by atoms with van der Waals surface area (Å²) in [6, 6.07) is 10.2. The topological polar surface area (TPSA) is 35.2 Å². The molecule has 84 valence electrons. The highest BCUT2D eigenvalue weighted by molar-refractivity contribution is 7.09. The van der Waals surface area contributed by atoms with Crippen molar-refractivity contribution in [3.05, 3.63) is 51.7 Å². The minimum Gasteiger partial charge on any atom is -0.488 e. The Morgan fingerprint density at radius 2 is 2.19 bits per heavy atom. The normalized spacial score (nSPS) is 10.4. The fraction of sp³-hybridized carbons (Fsp3) is 0.231. The molecule has 0 aliphatic carbocycles. The van der Waals surface area contributed by atoms with Crippen LogP contribution in [0.4, 0.5) is 0 Å². The Morgan fingerprint density at radius 3 is 2.88 bits per heavy atom. The molecule has 0 radical (unpaired) electrons. The molecule has 2 rings (SSSR count). The van der Waals surface area contributed by atoms with Gasteiger partial charge in [0, 0.05) is 17.0 Å². The van der Waals surface area contributed by atoms with Crippen LogP contribution in [0, 0.1) is 6.92 Å². The van der Waals surface area contributed by atoms with Gasteiger partial charge in [-0.3, -0.25) is 0 Å². The molecular weight excluding hydrogens is 218 g/mol. The van der Waals surface area contributed by atoms with E-state index in [9.17, 15) is 0 Å². The van der Waals surface area contributed by atoms with Crippen LogP contribution in [-0.2, 0) is 13.2 Å². The summed E-state index contributed by atoms with van der Waals surface area (Å²) in [5.41, 5.74) is 7.92. The molecule has 0 aliphatic heterocycles. The van der Waals surface area contributed by atoms with E-state index in [1.165, 1.54) is 10.4 Å². The Hall–Kier alpha value is -1.32. The second-order valence-corrected chi connectivity index (χ2v) is 4.72. The maximum absolute atomic E-state index is 5.78. The molecule has 2 nitrogen and oxygen atoms in total. The summed E-state index contributed by atoms with van der Waals surface area (Å²) < 4.78 is 5.78. The quantitative estimate of drug-likeness (QED) is 0.880. The molecule has 0 aliphatic rings. The standard InChI is InChI=1S/C13H15NOS/c1-10-4-5-11(8-14)13(7-10)15-9-12-3-2-6-16-12/h2-7H,8-9,14H2,1H3. The molecule has 2 N–H and O–H groups in total. The minimum absolute atomic E-state index is 0.514. The summed E-state index contributed by atoms with van der Waals surface area (Å²) in [6.45, 7) is 3.19. The molecule has 3 heteroatoms. The van der Waals surface area contributed by atoms with Crippen molar-refractivity contribution in [2.75, 3.05) is 0 Å². The fourth-order valence-corrected chi connectivity index (χ4v) is 2.12. The number of hydrogen-bond acceptors (Lipinski definition) is 3. The molecule has 0 unspecified atom stereocenters. The van der Waals surface area contributed by atoms with Crippen molar-refractivity contribution >= 4 is 11.3 Å². The second kappa shape index (κ2) is 5.14. The lowest BCUT2D eigenvalue weighted by Gasteiger charge is -2.10. The van der Waals surface area contributed by atoms with Crippen LogP contribution in [0.15, 0.2) is 35.7 Å². The Morgan fingerprint density at radius 1 is 1.31 bits per heavy atom. The van der Waals surface area contributed by atoms with Crippen LogP contribution < -0.4 is 10.5 Å². The van der Waals surface area contributed by atoms with Gasteiger partial charge in [0.05, 0.1) is 0 Å². The van der Waals surface area contributed by atoms with Crippen molar-refractivity contribution in [1.29, 1.82) is 0 Å². The van der Waals surface area contributed by atoms with E-state index in [1.54, 1.807) is 11.3 Å². The lowest BCUT2D eigenvalue weighted by atomic mass is 10.1. The molecule has 1 heterocycles. The average molecular weight is 233 g/mol. The fourth-order valence-electron chi connectivity index (χ4n) is 1.51. The van der Waals surface area contributed by atoms with Gasteiger partial charge in [-0.2, -0.15) is 0 Å². The average Bonchev–Trinajstić information content (AvgIpc) is 2.79. The zero-order chi connectivity index (χ0) is 11.4. The SMILES string of the molecule is Cc1ccc(CN)c(OCc2cccs2)c1. The summed E-state index contributed by atoms with van der Waals surface area (Å²) in [5, 5.41) is 2.05. The van der Waals surface area contributed by atoms with Gasteiger partial charge in [0.1, 0.15) is 12.4 Å². The zero-order valence-electron chi connectivity index (χ0n) is 9.27. The maximum Gasteiger partial charge on any atom is 0.124 e. The van der Waals surface area contributed by atoms with Gasteiger partial charge in [0.2, 0.25) is 0 Å². The number of ether oxygens (including phenoxy) is 1. The van der Waals surface area contributed by atoms with E-state index >= 15 is 0 Å². The predicted octanol–water partition coefficient (Wildman–Crippen LogP) is 3.09. The minimum atomic E-state index is 0.514. The summed E-state index contributed by atoms with van der Waals surface area (Å²) in [5.74, 6) is 0.899. The van der Waals surface area contributed by atoms with Gasteiger partial charge < -0.3 is 10.5 Å². The van der Waals surface area contributed by atoms with Gasteiger partial charge in [-0.15, -0.1) is 11.3 Å². The monoisotopic (exact) mass is 233 g/mol. The molecular formula is C13H15NOS. The van der Waals surface area contributed by atoms with E-state index in [2.05, 4.69) is 24.4 Å². The van der Waals surface area contributed by atoms with Crippen molar-refractivity contribution in [2.24, 2.45) is 5.73 Å². The number of benzene rings is 1. The molecule has 2 aromatic rings. The van der Waals surface area contributed by atoms with Crippen molar-refractivity contribution < 1.29 is 4.74 Å². The molecule has 0 spiro atoms. The zero-order valence-corrected chi connectivity index (χ0v) is 10.1. The molecule has 1 aromatic carbocycles. The largest absolute Gasteiger partial charge is 0.488 e. The van der Waals surface area contributed by atoms with Gasteiger partial charge in [0.15, 0.2) is 0 Å². The highest BCUT2D eigenvalue weighted by Crippen LogP contribution is 2.21. The summed E-state index contributed by atoms with van der Waals surface area (Å²) >= 11 is 1.70. The molecule has 0 amide bonds. The van der Waals surface area contributed by atoms with Gasteiger partial charge in [-0.05, 0) is 30.0 Å². The van der Waals surface area contributed by atoms with Crippen LogP contribution in [0.1, 0.15) is 16.0 Å². The summed E-state index contributed by atoms with van der Waals surface area (Å²) in [4.78, 5) is 1.23. The molecule has 16 heavy (non-hydrogen) atoms.